The van der Waals surface area contributed by atoms with E-state index in [4.69, 9.17) is 16.9 Å². The largest absolute Gasteiger partial charge is 0.273 e. The zero-order chi connectivity index (χ0) is 13.9. The molecule has 1 unspecified atom stereocenters. The highest BCUT2D eigenvalue weighted by molar-refractivity contribution is 7.92. The van der Waals surface area contributed by atoms with Crippen LogP contribution < -0.4 is 4.72 Å². The van der Waals surface area contributed by atoms with Crippen LogP contribution in [0.2, 0.25) is 0 Å². The predicted molar refractivity (Wildman–Crippen MR) is 75.8 cm³/mol. The molecule has 0 aliphatic carbocycles. The first kappa shape index (κ1) is 15.3. The number of halogens is 1. The second kappa shape index (κ2) is 5.91. The van der Waals surface area contributed by atoms with E-state index < -0.39 is 10.0 Å². The number of thiophene rings is 1. The molecule has 0 aromatic carbocycles. The van der Waals surface area contributed by atoms with Gasteiger partial charge in [-0.05, 0) is 25.3 Å². The first-order chi connectivity index (χ1) is 8.30. The molecule has 0 aliphatic heterocycles. The molecule has 0 fully saturated rings. The Morgan fingerprint density at radius 2 is 2.11 bits per heavy atom. The maximum Gasteiger partial charge on any atom is 0.233 e. The molecular formula is C11H15ClN2O2S2. The molecule has 0 spiro atoms. The fraction of sp³-hybridized carbons (Fsp3) is 0.545. The summed E-state index contributed by atoms with van der Waals surface area (Å²) >= 11 is 6.89. The Kier molecular flexibility index (Phi) is 5.02. The van der Waals surface area contributed by atoms with Gasteiger partial charge < -0.3 is 0 Å². The van der Waals surface area contributed by atoms with Crippen LogP contribution in [0.1, 0.15) is 22.9 Å². The van der Waals surface area contributed by atoms with E-state index >= 15 is 0 Å². The molecule has 100 valence electrons. The molecular weight excluding hydrogens is 292 g/mol. The summed E-state index contributed by atoms with van der Waals surface area (Å²) in [6.07, 6.45) is 0. The van der Waals surface area contributed by atoms with Crippen molar-refractivity contribution in [2.75, 3.05) is 16.4 Å². The number of rotatable bonds is 5. The van der Waals surface area contributed by atoms with Crippen LogP contribution >= 0.6 is 22.9 Å². The van der Waals surface area contributed by atoms with Gasteiger partial charge in [0.25, 0.3) is 0 Å². The van der Waals surface area contributed by atoms with Gasteiger partial charge in [0.05, 0.1) is 11.3 Å². The summed E-state index contributed by atoms with van der Waals surface area (Å²) in [5.41, 5.74) is 1.23. The van der Waals surface area contributed by atoms with Gasteiger partial charge >= 0.3 is 0 Å². The lowest BCUT2D eigenvalue weighted by molar-refractivity contribution is 0.588. The molecule has 7 heteroatoms. The minimum Gasteiger partial charge on any atom is -0.273 e. The van der Waals surface area contributed by atoms with E-state index in [1.165, 1.54) is 11.3 Å². The predicted octanol–water partition coefficient (Wildman–Crippen LogP) is 2.85. The van der Waals surface area contributed by atoms with E-state index in [-0.39, 0.29) is 17.6 Å². The number of anilines is 1. The van der Waals surface area contributed by atoms with E-state index in [9.17, 15) is 8.42 Å². The summed E-state index contributed by atoms with van der Waals surface area (Å²) in [7, 11) is -3.46. The molecule has 1 aromatic heterocycles. The Morgan fingerprint density at radius 1 is 1.50 bits per heavy atom. The highest BCUT2D eigenvalue weighted by Gasteiger charge is 2.20. The third kappa shape index (κ3) is 3.61. The van der Waals surface area contributed by atoms with Crippen molar-refractivity contribution in [2.24, 2.45) is 5.92 Å². The molecule has 1 atom stereocenters. The van der Waals surface area contributed by atoms with Gasteiger partial charge in [-0.25, -0.2) is 8.42 Å². The quantitative estimate of drug-likeness (QED) is 0.850. The van der Waals surface area contributed by atoms with Crippen LogP contribution in [0.25, 0.3) is 0 Å². The van der Waals surface area contributed by atoms with Crippen molar-refractivity contribution in [3.05, 3.63) is 16.0 Å². The average molecular weight is 307 g/mol. The van der Waals surface area contributed by atoms with Gasteiger partial charge in [-0.3, -0.25) is 4.72 Å². The van der Waals surface area contributed by atoms with Crippen LogP contribution in [-0.4, -0.2) is 20.1 Å². The standard InChI is InChI=1S/C11H15ClN2O2S2/c1-7(4-12)6-18(15,16)14-11-10(5-13)8(2)9(3)17-11/h7,14H,4,6H2,1-3H3. The number of hydrogen-bond donors (Lipinski definition) is 1. The van der Waals surface area contributed by atoms with Gasteiger partial charge in [0, 0.05) is 10.8 Å². The molecule has 1 rings (SSSR count). The highest BCUT2D eigenvalue weighted by Crippen LogP contribution is 2.32. The number of sulfonamides is 1. The molecule has 0 saturated heterocycles. The molecule has 0 radical (unpaired) electrons. The number of alkyl halides is 1. The van der Waals surface area contributed by atoms with E-state index in [1.54, 1.807) is 6.92 Å². The normalized spacial score (nSPS) is 13.1. The van der Waals surface area contributed by atoms with Gasteiger partial charge in [-0.15, -0.1) is 22.9 Å². The minimum atomic E-state index is -3.46. The molecule has 0 aliphatic rings. The van der Waals surface area contributed by atoms with Gasteiger partial charge in [-0.1, -0.05) is 6.92 Å². The summed E-state index contributed by atoms with van der Waals surface area (Å²) in [5, 5.41) is 9.44. The molecule has 4 nitrogen and oxygen atoms in total. The molecule has 18 heavy (non-hydrogen) atoms. The third-order valence-corrected chi connectivity index (χ3v) is 5.81. The van der Waals surface area contributed by atoms with Crippen molar-refractivity contribution < 1.29 is 8.42 Å². The van der Waals surface area contributed by atoms with Crippen LogP contribution in [0.4, 0.5) is 5.00 Å². The monoisotopic (exact) mass is 306 g/mol. The van der Waals surface area contributed by atoms with E-state index in [0.717, 1.165) is 10.4 Å². The second-order valence-corrected chi connectivity index (χ2v) is 7.54. The van der Waals surface area contributed by atoms with Gasteiger partial charge in [-0.2, -0.15) is 5.26 Å². The van der Waals surface area contributed by atoms with Crippen molar-refractivity contribution >= 4 is 38.0 Å². The SMILES string of the molecule is Cc1sc(NS(=O)(=O)CC(C)CCl)c(C#N)c1C. The van der Waals surface area contributed by atoms with E-state index in [0.29, 0.717) is 10.6 Å². The number of nitriles is 1. The average Bonchev–Trinajstić information content (AvgIpc) is 2.52. The van der Waals surface area contributed by atoms with Gasteiger partial charge in [0.2, 0.25) is 10.0 Å². The number of hydrogen-bond acceptors (Lipinski definition) is 4. The number of aryl methyl sites for hydroxylation is 1. The van der Waals surface area contributed by atoms with Gasteiger partial charge in [0.1, 0.15) is 11.1 Å². The van der Waals surface area contributed by atoms with Gasteiger partial charge in [0.15, 0.2) is 0 Å². The summed E-state index contributed by atoms with van der Waals surface area (Å²) < 4.78 is 26.2. The Morgan fingerprint density at radius 3 is 2.61 bits per heavy atom. The molecule has 0 amide bonds. The topological polar surface area (TPSA) is 70.0 Å². The number of nitrogens with one attached hydrogen (secondary N) is 1. The smallest absolute Gasteiger partial charge is 0.233 e. The van der Waals surface area contributed by atoms with Crippen molar-refractivity contribution in [3.63, 3.8) is 0 Å². The Hall–Kier alpha value is -0.770. The molecule has 0 saturated carbocycles. The maximum atomic E-state index is 11.9. The zero-order valence-electron chi connectivity index (χ0n) is 10.4. The van der Waals surface area contributed by atoms with E-state index in [1.807, 2.05) is 19.9 Å². The lowest BCUT2D eigenvalue weighted by atomic mass is 10.2. The minimum absolute atomic E-state index is 0.0443. The molecule has 1 N–H and O–H groups in total. The van der Waals surface area contributed by atoms with Crippen molar-refractivity contribution in [1.82, 2.24) is 0 Å². The van der Waals surface area contributed by atoms with Crippen LogP contribution in [0.5, 0.6) is 0 Å². The van der Waals surface area contributed by atoms with Crippen molar-refractivity contribution in [1.29, 1.82) is 5.26 Å². The fourth-order valence-electron chi connectivity index (χ4n) is 1.44. The zero-order valence-corrected chi connectivity index (χ0v) is 12.8. The first-order valence-electron chi connectivity index (χ1n) is 5.37. The Balaban J connectivity index is 2.99. The molecule has 0 bridgehead atoms. The summed E-state index contributed by atoms with van der Waals surface area (Å²) in [6, 6.07) is 2.03. The Bertz CT molecular complexity index is 573. The lowest BCUT2D eigenvalue weighted by Crippen LogP contribution is -2.22. The molecule has 1 heterocycles. The third-order valence-electron chi connectivity index (χ3n) is 2.51. The lowest BCUT2D eigenvalue weighted by Gasteiger charge is -2.10. The maximum absolute atomic E-state index is 11.9. The van der Waals surface area contributed by atoms with Crippen LogP contribution in [-0.2, 0) is 10.0 Å². The first-order valence-corrected chi connectivity index (χ1v) is 8.37. The fourth-order valence-corrected chi connectivity index (χ4v) is 4.42. The van der Waals surface area contributed by atoms with Crippen molar-refractivity contribution in [2.45, 2.75) is 20.8 Å². The molecule has 1 aromatic rings. The number of nitrogens with zero attached hydrogens (tertiary/aromatic N) is 1. The van der Waals surface area contributed by atoms with Crippen LogP contribution in [0.3, 0.4) is 0 Å². The van der Waals surface area contributed by atoms with E-state index in [2.05, 4.69) is 4.72 Å². The summed E-state index contributed by atoms with van der Waals surface area (Å²) in [4.78, 5) is 0.939. The summed E-state index contributed by atoms with van der Waals surface area (Å²) in [6.45, 7) is 5.44. The second-order valence-electron chi connectivity index (χ2n) is 4.24. The van der Waals surface area contributed by atoms with Crippen LogP contribution in [0.15, 0.2) is 0 Å². The highest BCUT2D eigenvalue weighted by atomic mass is 35.5. The Labute approximate surface area is 117 Å². The summed E-state index contributed by atoms with van der Waals surface area (Å²) in [5.74, 6) is 0.114. The van der Waals surface area contributed by atoms with Crippen LogP contribution in [0, 0.1) is 31.1 Å². The van der Waals surface area contributed by atoms with Crippen molar-refractivity contribution in [3.8, 4) is 6.07 Å².